The lowest BCUT2D eigenvalue weighted by atomic mass is 10.1. The summed E-state index contributed by atoms with van der Waals surface area (Å²) in [5.74, 6) is -0.327. The lowest BCUT2D eigenvalue weighted by molar-refractivity contribution is 0.00858. The molecule has 0 bridgehead atoms. The summed E-state index contributed by atoms with van der Waals surface area (Å²) in [7, 11) is 0. The van der Waals surface area contributed by atoms with Crippen LogP contribution < -0.4 is 5.32 Å². The number of nitrogens with one attached hydrogen (secondary N) is 1. The second kappa shape index (κ2) is 6.46. The fourth-order valence-corrected chi connectivity index (χ4v) is 1.74. The van der Waals surface area contributed by atoms with Gasteiger partial charge in [-0.2, -0.15) is 4.98 Å². The molecule has 1 aliphatic heterocycles. The largest absolute Gasteiger partial charge is 0.460 e. The maximum Gasteiger partial charge on any atom is 0.379 e. The number of rotatable bonds is 5. The predicted molar refractivity (Wildman–Crippen MR) is 60.9 cm³/mol. The van der Waals surface area contributed by atoms with E-state index in [4.69, 9.17) is 14.0 Å². The second-order valence-corrected chi connectivity index (χ2v) is 3.99. The number of esters is 1. The molecule has 7 nitrogen and oxygen atoms in total. The number of hydrogen-bond acceptors (Lipinski definition) is 7. The Balaban J connectivity index is 1.80. The van der Waals surface area contributed by atoms with Gasteiger partial charge in [0.2, 0.25) is 0 Å². The van der Waals surface area contributed by atoms with E-state index in [2.05, 4.69) is 15.5 Å². The van der Waals surface area contributed by atoms with Gasteiger partial charge in [-0.15, -0.1) is 0 Å². The van der Waals surface area contributed by atoms with Gasteiger partial charge in [-0.05, 0) is 38.0 Å². The van der Waals surface area contributed by atoms with Gasteiger partial charge in [0.1, 0.15) is 6.61 Å². The maximum atomic E-state index is 11.3. The molecule has 0 aromatic carbocycles. The monoisotopic (exact) mass is 255 g/mol. The normalized spacial score (nSPS) is 16.7. The molecule has 1 N–H and O–H groups in total. The molecule has 1 aliphatic rings. The van der Waals surface area contributed by atoms with Crippen molar-refractivity contribution in [1.82, 2.24) is 15.5 Å². The lowest BCUT2D eigenvalue weighted by Gasteiger charge is -2.21. The highest BCUT2D eigenvalue weighted by Crippen LogP contribution is 2.10. The van der Waals surface area contributed by atoms with Crippen LogP contribution in [0.15, 0.2) is 4.52 Å². The van der Waals surface area contributed by atoms with E-state index in [0.717, 1.165) is 25.9 Å². The number of carbonyl (C=O) groups is 1. The quantitative estimate of drug-likeness (QED) is 0.767. The molecule has 2 rings (SSSR count). The van der Waals surface area contributed by atoms with Gasteiger partial charge < -0.3 is 19.3 Å². The first-order chi connectivity index (χ1) is 8.79. The van der Waals surface area contributed by atoms with Crippen molar-refractivity contribution in [2.24, 2.45) is 0 Å². The number of aromatic nitrogens is 2. The molecule has 1 fully saturated rings. The number of carbonyl (C=O) groups excluding carboxylic acids is 1. The Hall–Kier alpha value is -1.47. The molecule has 1 saturated heterocycles. The van der Waals surface area contributed by atoms with Crippen LogP contribution in [0, 0.1) is 0 Å². The highest BCUT2D eigenvalue weighted by atomic mass is 16.5. The van der Waals surface area contributed by atoms with E-state index < -0.39 is 5.97 Å². The molecule has 18 heavy (non-hydrogen) atoms. The summed E-state index contributed by atoms with van der Waals surface area (Å²) < 4.78 is 15.3. The van der Waals surface area contributed by atoms with Crippen molar-refractivity contribution in [3.05, 3.63) is 11.7 Å². The molecule has 0 aliphatic carbocycles. The zero-order valence-corrected chi connectivity index (χ0v) is 10.3. The van der Waals surface area contributed by atoms with E-state index in [1.54, 1.807) is 6.92 Å². The Kier molecular flexibility index (Phi) is 4.66. The highest BCUT2D eigenvalue weighted by molar-refractivity contribution is 5.84. The summed E-state index contributed by atoms with van der Waals surface area (Å²) >= 11 is 0. The van der Waals surface area contributed by atoms with Gasteiger partial charge in [0, 0.05) is 0 Å². The van der Waals surface area contributed by atoms with Crippen LogP contribution in [0.2, 0.25) is 0 Å². The molecular weight excluding hydrogens is 238 g/mol. The molecule has 0 spiro atoms. The minimum absolute atomic E-state index is 0.0549. The summed E-state index contributed by atoms with van der Waals surface area (Å²) in [6.45, 7) is 4.16. The van der Waals surface area contributed by atoms with E-state index in [-0.39, 0.29) is 25.1 Å². The van der Waals surface area contributed by atoms with Crippen molar-refractivity contribution < 1.29 is 18.8 Å². The van der Waals surface area contributed by atoms with Crippen LogP contribution in [-0.4, -0.2) is 41.9 Å². The molecule has 0 saturated carbocycles. The molecule has 0 atom stereocenters. The molecular formula is C11H17N3O4. The zero-order chi connectivity index (χ0) is 12.8. The summed E-state index contributed by atoms with van der Waals surface area (Å²) in [5.41, 5.74) is 0. The molecule has 0 amide bonds. The van der Waals surface area contributed by atoms with Crippen LogP contribution in [0.3, 0.4) is 0 Å². The average molecular weight is 255 g/mol. The maximum absolute atomic E-state index is 11.3. The van der Waals surface area contributed by atoms with Crippen molar-refractivity contribution in [2.45, 2.75) is 32.5 Å². The summed E-state index contributed by atoms with van der Waals surface area (Å²) in [6.07, 6.45) is 2.15. The fraction of sp³-hybridized carbons (Fsp3) is 0.727. The Morgan fingerprint density at radius 3 is 3.00 bits per heavy atom. The topological polar surface area (TPSA) is 86.5 Å². The molecule has 0 radical (unpaired) electrons. The minimum Gasteiger partial charge on any atom is -0.460 e. The third-order valence-corrected chi connectivity index (χ3v) is 2.65. The zero-order valence-electron chi connectivity index (χ0n) is 10.3. The number of nitrogens with zero attached hydrogens (tertiary/aromatic N) is 2. The molecule has 0 unspecified atom stereocenters. The van der Waals surface area contributed by atoms with Crippen molar-refractivity contribution >= 4 is 5.97 Å². The molecule has 7 heteroatoms. The second-order valence-electron chi connectivity index (χ2n) is 3.99. The Morgan fingerprint density at radius 1 is 1.50 bits per heavy atom. The van der Waals surface area contributed by atoms with Crippen LogP contribution in [0.1, 0.15) is 36.3 Å². The van der Waals surface area contributed by atoms with Gasteiger partial charge in [-0.25, -0.2) is 4.79 Å². The average Bonchev–Trinajstić information content (AvgIpc) is 2.87. The van der Waals surface area contributed by atoms with Crippen LogP contribution in [0.4, 0.5) is 0 Å². The number of piperidine rings is 1. The van der Waals surface area contributed by atoms with Crippen molar-refractivity contribution in [3.8, 4) is 0 Å². The standard InChI is InChI=1S/C11H17N3O4/c1-2-16-11(15)10-13-9(18-14-10)7-17-8-3-5-12-6-4-8/h8,12H,2-7H2,1H3. The first-order valence-corrected chi connectivity index (χ1v) is 6.11. The van der Waals surface area contributed by atoms with E-state index in [1.807, 2.05) is 0 Å². The Bertz CT molecular complexity index is 387. The van der Waals surface area contributed by atoms with E-state index in [0.29, 0.717) is 5.89 Å². The first kappa shape index (κ1) is 13.0. The third kappa shape index (κ3) is 3.51. The first-order valence-electron chi connectivity index (χ1n) is 6.11. The lowest BCUT2D eigenvalue weighted by Crippen LogP contribution is -2.32. The van der Waals surface area contributed by atoms with Crippen molar-refractivity contribution in [1.29, 1.82) is 0 Å². The predicted octanol–water partition coefficient (Wildman–Crippen LogP) is 0.515. The summed E-state index contributed by atoms with van der Waals surface area (Å²) in [5, 5.41) is 6.80. The van der Waals surface area contributed by atoms with Crippen LogP contribution in [0.5, 0.6) is 0 Å². The van der Waals surface area contributed by atoms with Crippen LogP contribution >= 0.6 is 0 Å². The van der Waals surface area contributed by atoms with E-state index in [1.165, 1.54) is 0 Å². The number of hydrogen-bond donors (Lipinski definition) is 1. The van der Waals surface area contributed by atoms with Gasteiger partial charge in [0.05, 0.1) is 12.7 Å². The van der Waals surface area contributed by atoms with Gasteiger partial charge in [-0.3, -0.25) is 0 Å². The minimum atomic E-state index is -0.575. The fourth-order valence-electron chi connectivity index (χ4n) is 1.74. The Labute approximate surface area is 105 Å². The highest BCUT2D eigenvalue weighted by Gasteiger charge is 2.18. The molecule has 2 heterocycles. The van der Waals surface area contributed by atoms with Gasteiger partial charge in [0.25, 0.3) is 11.7 Å². The van der Waals surface area contributed by atoms with Gasteiger partial charge in [-0.1, -0.05) is 0 Å². The van der Waals surface area contributed by atoms with Gasteiger partial charge in [0.15, 0.2) is 0 Å². The van der Waals surface area contributed by atoms with E-state index >= 15 is 0 Å². The van der Waals surface area contributed by atoms with Gasteiger partial charge >= 0.3 is 5.97 Å². The molecule has 1 aromatic heterocycles. The SMILES string of the molecule is CCOC(=O)c1noc(COC2CCNCC2)n1. The number of ether oxygens (including phenoxy) is 2. The van der Waals surface area contributed by atoms with Crippen molar-refractivity contribution in [3.63, 3.8) is 0 Å². The summed E-state index contributed by atoms with van der Waals surface area (Å²) in [6, 6.07) is 0. The van der Waals surface area contributed by atoms with Crippen molar-refractivity contribution in [2.75, 3.05) is 19.7 Å². The molecule has 1 aromatic rings. The Morgan fingerprint density at radius 2 is 2.28 bits per heavy atom. The van der Waals surface area contributed by atoms with Crippen LogP contribution in [0.25, 0.3) is 0 Å². The van der Waals surface area contributed by atoms with E-state index in [9.17, 15) is 4.79 Å². The smallest absolute Gasteiger partial charge is 0.379 e. The van der Waals surface area contributed by atoms with Crippen LogP contribution in [-0.2, 0) is 16.1 Å². The third-order valence-electron chi connectivity index (χ3n) is 2.65. The summed E-state index contributed by atoms with van der Waals surface area (Å²) in [4.78, 5) is 15.2. The molecule has 100 valence electrons.